The van der Waals surface area contributed by atoms with E-state index in [-0.39, 0.29) is 55.8 Å². The third-order valence-electron chi connectivity index (χ3n) is 11.8. The third-order valence-corrected chi connectivity index (χ3v) is 12.0. The number of hydrogen-bond acceptors (Lipinski definition) is 15. The number of primary amides is 1. The second-order valence-corrected chi connectivity index (χ2v) is 18.4. The molecule has 0 spiro atoms. The van der Waals surface area contributed by atoms with Crippen LogP contribution in [0.4, 0.5) is 11.9 Å². The minimum Gasteiger partial charge on any atom is -0.368 e. The molecule has 10 amide bonds. The van der Waals surface area contributed by atoms with E-state index in [1.165, 1.54) is 20.8 Å². The Hall–Kier alpha value is -8.74. The van der Waals surface area contributed by atoms with Crippen LogP contribution in [0.3, 0.4) is 0 Å². The first-order valence-corrected chi connectivity index (χ1v) is 25.2. The molecule has 5 rings (SSSR count). The fourth-order valence-electron chi connectivity index (χ4n) is 7.61. The first kappa shape index (κ1) is 59.1. The molecular formula is C51H64ClN15O10. The van der Waals surface area contributed by atoms with Gasteiger partial charge in [0.15, 0.2) is 0 Å². The van der Waals surface area contributed by atoms with Gasteiger partial charge in [-0.3, -0.25) is 47.9 Å². The van der Waals surface area contributed by atoms with Crippen molar-refractivity contribution in [2.75, 3.05) is 36.8 Å². The normalized spacial score (nSPS) is 20.8. The molecule has 4 aromatic rings. The summed E-state index contributed by atoms with van der Waals surface area (Å²) in [5.41, 5.74) is 7.65. The summed E-state index contributed by atoms with van der Waals surface area (Å²) in [6.45, 7) is 2.67. The molecule has 77 heavy (non-hydrogen) atoms. The molecule has 2 heterocycles. The average Bonchev–Trinajstić information content (AvgIpc) is 3.40. The molecule has 1 aliphatic heterocycles. The zero-order chi connectivity index (χ0) is 55.9. The van der Waals surface area contributed by atoms with E-state index in [9.17, 15) is 47.9 Å². The molecule has 0 fully saturated rings. The van der Waals surface area contributed by atoms with Crippen LogP contribution in [-0.4, -0.2) is 142 Å². The summed E-state index contributed by atoms with van der Waals surface area (Å²) >= 11 is 6.17. The molecule has 0 radical (unpaired) electrons. The Balaban J connectivity index is 1.33. The third kappa shape index (κ3) is 20.5. The van der Waals surface area contributed by atoms with Crippen molar-refractivity contribution in [3.05, 3.63) is 113 Å². The maximum Gasteiger partial charge on any atom is 0.243 e. The second-order valence-electron chi connectivity index (χ2n) is 18.0. The van der Waals surface area contributed by atoms with Crippen LogP contribution >= 0.6 is 11.6 Å². The largest absolute Gasteiger partial charge is 0.368 e. The monoisotopic (exact) mass is 1080 g/mol. The molecular weight excluding hydrogens is 1020 g/mol. The lowest BCUT2D eigenvalue weighted by Crippen LogP contribution is -2.57. The number of carbonyl (C=O) groups excluding carboxylic acids is 10. The van der Waals surface area contributed by atoms with E-state index in [0.29, 0.717) is 17.5 Å². The molecule has 1 aromatic heterocycles. The van der Waals surface area contributed by atoms with Gasteiger partial charge < -0.3 is 64.2 Å². The molecule has 410 valence electrons. The number of anilines is 2. The lowest BCUT2D eigenvalue weighted by atomic mass is 10.0. The maximum absolute atomic E-state index is 13.8. The van der Waals surface area contributed by atoms with Crippen molar-refractivity contribution in [3.8, 4) is 0 Å². The van der Waals surface area contributed by atoms with Crippen LogP contribution in [0.1, 0.15) is 56.7 Å². The zero-order valence-corrected chi connectivity index (χ0v) is 43.4. The fourth-order valence-corrected chi connectivity index (χ4v) is 7.77. The Morgan fingerprint density at radius 2 is 1.04 bits per heavy atom. The van der Waals surface area contributed by atoms with Gasteiger partial charge in [0.05, 0.1) is 19.6 Å². The van der Waals surface area contributed by atoms with Crippen LogP contribution in [0, 0.1) is 0 Å². The number of amides is 10. The highest BCUT2D eigenvalue weighted by atomic mass is 35.5. The van der Waals surface area contributed by atoms with Gasteiger partial charge in [-0.25, -0.2) is 0 Å². The second kappa shape index (κ2) is 30.0. The number of nitrogens with zero attached hydrogens (tertiary/aromatic N) is 3. The first-order chi connectivity index (χ1) is 36.8. The lowest BCUT2D eigenvalue weighted by Gasteiger charge is -2.24. The van der Waals surface area contributed by atoms with Gasteiger partial charge in [-0.05, 0) is 68.3 Å². The van der Waals surface area contributed by atoms with Gasteiger partial charge in [-0.15, -0.1) is 0 Å². The minimum atomic E-state index is -1.28. The van der Waals surface area contributed by atoms with Crippen LogP contribution in [0.2, 0.25) is 5.28 Å². The van der Waals surface area contributed by atoms with Crippen molar-refractivity contribution < 1.29 is 47.9 Å². The van der Waals surface area contributed by atoms with Crippen LogP contribution in [-0.2, 0) is 67.2 Å². The number of hydrogen-bond donors (Lipinski definition) is 12. The molecule has 26 heteroatoms. The molecule has 7 atom stereocenters. The number of halogens is 1. The number of rotatable bonds is 11. The highest BCUT2D eigenvalue weighted by Crippen LogP contribution is 2.12. The summed E-state index contributed by atoms with van der Waals surface area (Å²) in [4.78, 5) is 146. The summed E-state index contributed by atoms with van der Waals surface area (Å²) in [6.07, 6.45) is 0.722. The van der Waals surface area contributed by atoms with Crippen molar-refractivity contribution in [3.63, 3.8) is 0 Å². The molecule has 1 aliphatic rings. The van der Waals surface area contributed by atoms with Crippen LogP contribution < -0.4 is 64.2 Å². The molecule has 3 aromatic carbocycles. The SMILES string of the molecule is C[C@@H]1NC(=O)CNC(=O)[C@H](Cc2ccccc2)NC(=O)[C@H](C)NC(=O)CNc2nc(Cl)nc(n2)NCCCC[C@@H](C(=O)N[C@@H](C)C(=O)N[C@@H](Cc2ccccc2)C(N)=O)NC(=O)CNC(=O)[C@H](Cc2ccccc2)NC1=O. The van der Waals surface area contributed by atoms with Gasteiger partial charge in [-0.2, -0.15) is 15.0 Å². The molecule has 25 nitrogen and oxygen atoms in total. The Labute approximate surface area is 449 Å². The molecule has 0 saturated carbocycles. The van der Waals surface area contributed by atoms with E-state index in [1.54, 1.807) is 91.0 Å². The molecule has 0 aliphatic carbocycles. The number of fused-ring (bicyclic) bond motifs is 2. The highest BCUT2D eigenvalue weighted by molar-refractivity contribution is 6.28. The molecule has 13 N–H and O–H groups in total. The van der Waals surface area contributed by atoms with E-state index in [2.05, 4.69) is 73.4 Å². The Kier molecular flexibility index (Phi) is 23.0. The van der Waals surface area contributed by atoms with Gasteiger partial charge >= 0.3 is 0 Å². The lowest BCUT2D eigenvalue weighted by molar-refractivity contribution is -0.134. The fraction of sp³-hybridized carbons (Fsp3) is 0.392. The van der Waals surface area contributed by atoms with Crippen molar-refractivity contribution in [1.82, 2.24) is 62.8 Å². The van der Waals surface area contributed by atoms with Crippen LogP contribution in [0.15, 0.2) is 91.0 Å². The van der Waals surface area contributed by atoms with E-state index in [4.69, 9.17) is 17.3 Å². The molecule has 0 saturated heterocycles. The standard InChI is InChI=1S/C51H64ClN15O10/c1-29-43(72)64-38(25-34-19-11-6-12-20-34)47(76)56-27-41(70)61-35(48(77)60-31(3)45(74)62-36(42(53)71)23-32-15-7-4-8-16-32)21-13-14-22-54-50-65-49(52)66-51(67-50)57-28-40(69)59-30(2)44(73)63-37(24-33-17-9-5-10-18-33)46(75)55-26-39(68)58-29/h4-12,15-20,29-31,35-38H,13-14,21-28H2,1-3H3,(H2,53,71)(H,55,75)(H,56,76)(H,58,68)(H,59,69)(H,60,77)(H,61,70)(H,62,74)(H,63,73)(H,64,72)(H2,54,57,65,66,67)/t29-,30-,31-,35-,36-,37-,38-/m0/s1. The summed E-state index contributed by atoms with van der Waals surface area (Å²) in [5.74, 6) is -7.64. The topological polar surface area (TPSA) is 368 Å². The van der Waals surface area contributed by atoms with Crippen molar-refractivity contribution in [2.24, 2.45) is 5.73 Å². The summed E-state index contributed by atoms with van der Waals surface area (Å²) in [6, 6.07) is 17.8. The van der Waals surface area contributed by atoms with Crippen molar-refractivity contribution >= 4 is 82.6 Å². The van der Waals surface area contributed by atoms with E-state index in [0.717, 1.165) is 5.56 Å². The Bertz CT molecular complexity index is 2710. The average molecular weight is 1080 g/mol. The number of carbonyl (C=O) groups is 10. The van der Waals surface area contributed by atoms with Crippen molar-refractivity contribution in [2.45, 2.75) is 102 Å². The molecule has 0 unspecified atom stereocenters. The number of aromatic nitrogens is 3. The molecule has 2 bridgehead atoms. The van der Waals surface area contributed by atoms with Crippen LogP contribution in [0.25, 0.3) is 0 Å². The number of nitrogens with two attached hydrogens (primary N) is 1. The van der Waals surface area contributed by atoms with E-state index in [1.807, 2.05) is 0 Å². The van der Waals surface area contributed by atoms with Gasteiger partial charge in [0.25, 0.3) is 0 Å². The van der Waals surface area contributed by atoms with Gasteiger partial charge in [-0.1, -0.05) is 91.0 Å². The number of nitrogens with one attached hydrogen (secondary N) is 11. The minimum absolute atomic E-state index is 0.0106. The van der Waals surface area contributed by atoms with E-state index >= 15 is 0 Å². The predicted molar refractivity (Wildman–Crippen MR) is 282 cm³/mol. The number of benzene rings is 3. The Morgan fingerprint density at radius 3 is 1.53 bits per heavy atom. The van der Waals surface area contributed by atoms with Gasteiger partial charge in [0.1, 0.15) is 42.3 Å². The zero-order valence-electron chi connectivity index (χ0n) is 42.7. The van der Waals surface area contributed by atoms with Crippen molar-refractivity contribution in [1.29, 1.82) is 0 Å². The summed E-state index contributed by atoms with van der Waals surface area (Å²) in [7, 11) is 0. The quantitative estimate of drug-likeness (QED) is 0.0808. The first-order valence-electron chi connectivity index (χ1n) is 24.8. The smallest absolute Gasteiger partial charge is 0.243 e. The Morgan fingerprint density at radius 1 is 0.584 bits per heavy atom. The van der Waals surface area contributed by atoms with E-state index < -0.39 is 121 Å². The maximum atomic E-state index is 13.8. The van der Waals surface area contributed by atoms with Gasteiger partial charge in [0, 0.05) is 25.8 Å². The van der Waals surface area contributed by atoms with Gasteiger partial charge in [0.2, 0.25) is 76.3 Å². The predicted octanol–water partition coefficient (Wildman–Crippen LogP) is -1.57. The van der Waals surface area contributed by atoms with Crippen LogP contribution in [0.5, 0.6) is 0 Å². The summed E-state index contributed by atoms with van der Waals surface area (Å²) < 4.78 is 0. The highest BCUT2D eigenvalue weighted by Gasteiger charge is 2.30. The summed E-state index contributed by atoms with van der Waals surface area (Å²) in [5, 5.41) is 28.5.